The largest absolute Gasteiger partial charge is 0.394 e. The maximum absolute atomic E-state index is 13.3. The van der Waals surface area contributed by atoms with Gasteiger partial charge in [0, 0.05) is 0 Å². The summed E-state index contributed by atoms with van der Waals surface area (Å²) in [6.07, 6.45) is -3.58. The molecule has 45 heavy (non-hydrogen) atoms. The van der Waals surface area contributed by atoms with E-state index in [1.54, 1.807) is 0 Å². The smallest absolute Gasteiger partial charge is 0.141 e. The summed E-state index contributed by atoms with van der Waals surface area (Å²) in [5, 5.41) is 80.6. The van der Waals surface area contributed by atoms with Crippen molar-refractivity contribution < 1.29 is 48.9 Å². The summed E-state index contributed by atoms with van der Waals surface area (Å²) in [5.74, 6) is -1.10. The number of halogens is 2. The number of aliphatic hydroxyl groups excluding tert-OH is 6. The molecule has 6 heterocycles. The lowest BCUT2D eigenvalue weighted by Gasteiger charge is -2.46. The number of aromatic nitrogens is 8. The normalized spacial score (nSPS) is 32.1. The van der Waals surface area contributed by atoms with Crippen LogP contribution in [-0.4, -0.2) is 131 Å². The van der Waals surface area contributed by atoms with E-state index < -0.39 is 84.4 Å². The highest BCUT2D eigenvalue weighted by Crippen LogP contribution is 2.42. The molecule has 4 aromatic rings. The van der Waals surface area contributed by atoms with Gasteiger partial charge in [-0.2, -0.15) is 0 Å². The summed E-state index contributed by atoms with van der Waals surface area (Å²) in [6.45, 7) is -1.29. The van der Waals surface area contributed by atoms with Gasteiger partial charge in [0.05, 0.1) is 49.4 Å². The summed E-state index contributed by atoms with van der Waals surface area (Å²) in [4.78, 5) is 7.90. The minimum absolute atomic E-state index is 0.224. The number of hydrogen-bond acceptors (Lipinski definition) is 15. The van der Waals surface area contributed by atoms with Gasteiger partial charge in [0.25, 0.3) is 0 Å². The Kier molecular flexibility index (Phi) is 9.13. The quantitative estimate of drug-likeness (QED) is 0.130. The Hall–Kier alpha value is -3.53. The van der Waals surface area contributed by atoms with E-state index in [2.05, 4.69) is 30.6 Å². The second kappa shape index (κ2) is 13.1. The summed E-state index contributed by atoms with van der Waals surface area (Å²) in [5.41, 5.74) is -1.46. The molecule has 5 unspecified atom stereocenters. The van der Waals surface area contributed by atoms with Gasteiger partial charge in [0.2, 0.25) is 0 Å². The fourth-order valence-corrected chi connectivity index (χ4v) is 6.57. The molecule has 0 spiro atoms. The van der Waals surface area contributed by atoms with E-state index in [0.717, 1.165) is 24.2 Å². The second-order valence-corrected chi connectivity index (χ2v) is 11.6. The lowest BCUT2D eigenvalue weighted by molar-refractivity contribution is -0.189. The first kappa shape index (κ1) is 31.5. The van der Waals surface area contributed by atoms with E-state index in [1.807, 2.05) is 0 Å². The minimum atomic E-state index is -1.51. The molecule has 2 saturated heterocycles. The molecule has 16 nitrogen and oxygen atoms in total. The van der Waals surface area contributed by atoms with Gasteiger partial charge in [-0.1, -0.05) is 22.2 Å². The molecule has 10 atom stereocenters. The predicted octanol–water partition coefficient (Wildman–Crippen LogP) is -1.33. The lowest BCUT2D eigenvalue weighted by atomic mass is 9.97. The van der Waals surface area contributed by atoms with Gasteiger partial charge in [0.1, 0.15) is 82.6 Å². The fourth-order valence-electron chi connectivity index (χ4n) is 5.25. The van der Waals surface area contributed by atoms with Crippen molar-refractivity contribution in [2.75, 3.05) is 13.2 Å². The van der Waals surface area contributed by atoms with Crippen LogP contribution in [0.15, 0.2) is 49.1 Å². The molecule has 6 N–H and O–H groups in total. The zero-order valence-corrected chi connectivity index (χ0v) is 23.9. The maximum Gasteiger partial charge on any atom is 0.141 e. The third kappa shape index (κ3) is 6.18. The molecular weight excluding hydrogens is 622 g/mol. The van der Waals surface area contributed by atoms with Crippen LogP contribution in [0.3, 0.4) is 0 Å². The van der Waals surface area contributed by atoms with Crippen LogP contribution in [0.4, 0.5) is 8.78 Å². The molecule has 4 aromatic heterocycles. The van der Waals surface area contributed by atoms with Gasteiger partial charge in [-0.15, -0.1) is 10.2 Å². The highest BCUT2D eigenvalue weighted by atomic mass is 32.2. The molecule has 0 radical (unpaired) electrons. The Morgan fingerprint density at radius 1 is 0.644 bits per heavy atom. The van der Waals surface area contributed by atoms with E-state index in [-0.39, 0.29) is 22.8 Å². The van der Waals surface area contributed by atoms with Crippen molar-refractivity contribution in [3.05, 3.63) is 60.7 Å². The van der Waals surface area contributed by atoms with E-state index in [1.165, 1.54) is 46.0 Å². The van der Waals surface area contributed by atoms with Crippen LogP contribution in [0, 0.1) is 11.6 Å². The van der Waals surface area contributed by atoms with Gasteiger partial charge in [0.15, 0.2) is 0 Å². The van der Waals surface area contributed by atoms with Gasteiger partial charge in [-0.3, -0.25) is 9.97 Å². The Balaban J connectivity index is 1.24. The van der Waals surface area contributed by atoms with Crippen molar-refractivity contribution >= 4 is 11.8 Å². The summed E-state index contributed by atoms with van der Waals surface area (Å²) in [7, 11) is 0. The second-order valence-electron chi connectivity index (χ2n) is 10.4. The van der Waals surface area contributed by atoms with Crippen LogP contribution in [0.25, 0.3) is 22.8 Å². The summed E-state index contributed by atoms with van der Waals surface area (Å²) in [6, 6.07) is 2.74. The number of ether oxygens (including phenoxy) is 2. The van der Waals surface area contributed by atoms with Crippen LogP contribution >= 0.6 is 11.8 Å². The van der Waals surface area contributed by atoms with Crippen LogP contribution in [0.5, 0.6) is 0 Å². The van der Waals surface area contributed by atoms with E-state index in [9.17, 15) is 39.4 Å². The zero-order valence-electron chi connectivity index (χ0n) is 23.0. The number of hydrogen-bond donors (Lipinski definition) is 6. The van der Waals surface area contributed by atoms with Crippen molar-refractivity contribution in [2.45, 2.75) is 59.6 Å². The van der Waals surface area contributed by atoms with Crippen molar-refractivity contribution in [3.63, 3.8) is 0 Å². The van der Waals surface area contributed by atoms with Crippen LogP contribution in [0.1, 0.15) is 12.1 Å². The molecule has 6 rings (SSSR count). The third-order valence-corrected chi connectivity index (χ3v) is 8.89. The highest BCUT2D eigenvalue weighted by Gasteiger charge is 2.51. The van der Waals surface area contributed by atoms with Crippen molar-refractivity contribution in [1.29, 1.82) is 0 Å². The van der Waals surface area contributed by atoms with Gasteiger partial charge in [-0.05, 0) is 24.3 Å². The summed E-state index contributed by atoms with van der Waals surface area (Å²) < 4.78 is 40.6. The van der Waals surface area contributed by atoms with E-state index in [0.29, 0.717) is 0 Å². The third-order valence-electron chi connectivity index (χ3n) is 7.58. The number of aliphatic hydroxyl groups is 6. The summed E-state index contributed by atoms with van der Waals surface area (Å²) >= 11 is 0.786. The molecule has 2 fully saturated rings. The molecule has 19 heteroatoms. The van der Waals surface area contributed by atoms with E-state index >= 15 is 0 Å². The molecule has 0 aromatic carbocycles. The van der Waals surface area contributed by atoms with Gasteiger partial charge < -0.3 is 40.1 Å². The number of rotatable bonds is 8. The Morgan fingerprint density at radius 2 is 1.07 bits per heavy atom. The first-order valence-electron chi connectivity index (χ1n) is 13.7. The fraction of sp³-hybridized carbons (Fsp3) is 0.462. The lowest BCUT2D eigenvalue weighted by Crippen LogP contribution is -2.58. The van der Waals surface area contributed by atoms with Gasteiger partial charge in [-0.25, -0.2) is 18.1 Å². The molecule has 2 aliphatic heterocycles. The molecule has 0 bridgehead atoms. The first-order chi connectivity index (χ1) is 21.7. The van der Waals surface area contributed by atoms with Crippen molar-refractivity contribution in [1.82, 2.24) is 40.0 Å². The standard InChI is InChI=1S/C26H28F2N8O8S/c27-11-1-3-13(29-5-11)15-7-35(33-31-15)19-21(39)17(9-37)43-25(23(19)41)45-26-24(42)20(22(40)18(10-38)44-26)36-8-16(32-34-36)14-4-2-12(28)6-30-14/h1-8,17-26,37-42H,9-10H2/t17-,18?,19?,20?,21?,22+,23-,24?,25+,26+/m1/s1. The van der Waals surface area contributed by atoms with E-state index in [4.69, 9.17) is 9.47 Å². The van der Waals surface area contributed by atoms with Crippen LogP contribution in [0.2, 0.25) is 0 Å². The number of nitrogens with zero attached hydrogens (tertiary/aromatic N) is 8. The van der Waals surface area contributed by atoms with Crippen LogP contribution < -0.4 is 0 Å². The van der Waals surface area contributed by atoms with Crippen molar-refractivity contribution in [2.24, 2.45) is 0 Å². The monoisotopic (exact) mass is 650 g/mol. The zero-order chi connectivity index (χ0) is 31.8. The molecule has 0 saturated carbocycles. The molecule has 0 aliphatic carbocycles. The molecule has 240 valence electrons. The molecule has 2 aliphatic rings. The number of thioether (sulfide) groups is 1. The maximum atomic E-state index is 13.3. The van der Waals surface area contributed by atoms with Gasteiger partial charge >= 0.3 is 0 Å². The van der Waals surface area contributed by atoms with Crippen molar-refractivity contribution in [3.8, 4) is 22.8 Å². The average Bonchev–Trinajstić information content (AvgIpc) is 3.72. The van der Waals surface area contributed by atoms with Crippen LogP contribution in [-0.2, 0) is 9.47 Å². The highest BCUT2D eigenvalue weighted by molar-refractivity contribution is 8.00. The molecule has 0 amide bonds. The Labute approximate surface area is 256 Å². The minimum Gasteiger partial charge on any atom is -0.394 e. The first-order valence-corrected chi connectivity index (χ1v) is 14.6. The molecular formula is C26H28F2N8O8S. The average molecular weight is 651 g/mol. The number of pyridine rings is 2. The predicted molar refractivity (Wildman–Crippen MR) is 148 cm³/mol. The SMILES string of the molecule is OCC1O[C@@H](S[C@@H]2O[C@H](CO)C(O)C(n3cc(-c4ccc(F)cn4)nn3)[C@H]2O)C(O)C(n2cc(-c3ccc(F)cn3)nn2)[C@H]1O. The Bertz CT molecular complexity index is 1470. The topological polar surface area (TPSA) is 227 Å². The Morgan fingerprint density at radius 3 is 1.42 bits per heavy atom.